The summed E-state index contributed by atoms with van der Waals surface area (Å²) in [5, 5.41) is 23.3. The maximum Gasteiger partial charge on any atom is 0.255 e. The molecule has 2 bridgehead atoms. The van der Waals surface area contributed by atoms with E-state index in [1.807, 2.05) is 30.4 Å². The molecule has 0 spiro atoms. The minimum atomic E-state index is -2.69. The molecule has 0 aromatic heterocycles. The molecular formula is C31H39ClN3O6S-. The number of allylic oxidation sites excluding steroid dienone is 1. The van der Waals surface area contributed by atoms with Crippen molar-refractivity contribution in [2.75, 3.05) is 31.1 Å². The van der Waals surface area contributed by atoms with E-state index in [-0.39, 0.29) is 23.9 Å². The number of nitrogens with two attached hydrogens (primary N) is 1. The molecule has 42 heavy (non-hydrogen) atoms. The Morgan fingerprint density at radius 3 is 2.69 bits per heavy atom. The first kappa shape index (κ1) is 31.0. The molecule has 4 N–H and O–H groups in total. The highest BCUT2D eigenvalue weighted by atomic mass is 35.5. The molecule has 2 heterocycles. The highest BCUT2D eigenvalue weighted by Gasteiger charge is 2.40. The number of benzene rings is 2. The number of hydrogen-bond donors (Lipinski definition) is 3. The SMILES string of the molecule is NC(=O)[C@]1(O)CN(S(=O)[O-])CCC/C=C/[C@H](O)[C@@H]2CC[C@H]2CN2CCCCc3cc(Cl)ccc3COc3ccc1cc32. The largest absolute Gasteiger partial charge is 0.760 e. The Labute approximate surface area is 254 Å². The standard InChI is InChI=1S/C31H40ClN3O6S/c32-25-11-8-23-19-41-29-13-10-24-17-27(29)34(14-5-3-6-21(23)16-25)18-22-9-12-26(22)28(36)7-2-1-4-15-35(42(39)40)20-31(24,38)30(33)37/h2,7-8,10-11,13,16-17,22,26,28,36,38H,1,3-6,9,12,14-15,18-20H2,(H2,33,37)(H,39,40)/p-1/b7-2+/t22-,26+,28-,31-/m0/s1. The third kappa shape index (κ3) is 6.85. The number of carbonyl (C=O) groups excluding carboxylic acids is 1. The van der Waals surface area contributed by atoms with E-state index in [2.05, 4.69) is 4.90 Å². The molecule has 1 saturated carbocycles. The lowest BCUT2D eigenvalue weighted by Crippen LogP contribution is -2.50. The first-order valence-electron chi connectivity index (χ1n) is 14.7. The van der Waals surface area contributed by atoms with Crippen LogP contribution in [-0.2, 0) is 34.7 Å². The fourth-order valence-electron chi connectivity index (χ4n) is 6.29. The van der Waals surface area contributed by atoms with Crippen molar-refractivity contribution in [2.24, 2.45) is 17.6 Å². The van der Waals surface area contributed by atoms with E-state index in [0.29, 0.717) is 49.0 Å². The van der Waals surface area contributed by atoms with Crippen LogP contribution in [0, 0.1) is 11.8 Å². The number of β-amino-alcohol motifs (C(OH)–C–C–N with tert-alkyl or cyclic N) is 1. The van der Waals surface area contributed by atoms with Gasteiger partial charge in [-0.3, -0.25) is 9.00 Å². The fraction of sp³-hybridized carbons (Fsp3) is 0.516. The topological polar surface area (TPSA) is 139 Å². The van der Waals surface area contributed by atoms with Gasteiger partial charge in [0.25, 0.3) is 5.91 Å². The van der Waals surface area contributed by atoms with Gasteiger partial charge in [0.05, 0.1) is 18.3 Å². The summed E-state index contributed by atoms with van der Waals surface area (Å²) in [5.41, 5.74) is 6.57. The summed E-state index contributed by atoms with van der Waals surface area (Å²) in [4.78, 5) is 15.0. The number of carbonyl (C=O) groups is 1. The molecule has 0 radical (unpaired) electrons. The highest BCUT2D eigenvalue weighted by molar-refractivity contribution is 7.76. The van der Waals surface area contributed by atoms with Gasteiger partial charge in [-0.2, -0.15) is 0 Å². The van der Waals surface area contributed by atoms with E-state index in [0.717, 1.165) is 47.5 Å². The Balaban J connectivity index is 1.58. The Bertz CT molecular complexity index is 1340. The summed E-state index contributed by atoms with van der Waals surface area (Å²) in [7, 11) is 0. The van der Waals surface area contributed by atoms with Crippen LogP contribution in [0.1, 0.15) is 55.2 Å². The number of hydrogen-bond acceptors (Lipinski definition) is 7. The van der Waals surface area contributed by atoms with Crippen LogP contribution < -0.4 is 15.4 Å². The number of nitrogens with zero attached hydrogens (tertiary/aromatic N) is 2. The summed E-state index contributed by atoms with van der Waals surface area (Å²) in [5.74, 6) is -0.0887. The number of aliphatic hydroxyl groups is 2. The van der Waals surface area contributed by atoms with Gasteiger partial charge >= 0.3 is 0 Å². The van der Waals surface area contributed by atoms with Crippen LogP contribution in [0.25, 0.3) is 0 Å². The van der Waals surface area contributed by atoms with Crippen molar-refractivity contribution >= 4 is 34.5 Å². The molecule has 5 rings (SSSR count). The van der Waals surface area contributed by atoms with Gasteiger partial charge in [-0.25, -0.2) is 4.31 Å². The number of ether oxygens (including phenoxy) is 1. The maximum atomic E-state index is 12.8. The summed E-state index contributed by atoms with van der Waals surface area (Å²) in [6.07, 6.45) is 8.68. The third-order valence-electron chi connectivity index (χ3n) is 8.96. The lowest BCUT2D eigenvalue weighted by Gasteiger charge is -2.43. The van der Waals surface area contributed by atoms with Gasteiger partial charge in [-0.1, -0.05) is 35.9 Å². The quantitative estimate of drug-likeness (QED) is 0.346. The van der Waals surface area contributed by atoms with E-state index in [9.17, 15) is 23.8 Å². The summed E-state index contributed by atoms with van der Waals surface area (Å²) >= 11 is 3.61. The van der Waals surface area contributed by atoms with Crippen molar-refractivity contribution in [3.05, 3.63) is 70.3 Å². The van der Waals surface area contributed by atoms with Gasteiger partial charge in [0, 0.05) is 35.9 Å². The van der Waals surface area contributed by atoms with Crippen molar-refractivity contribution in [1.29, 1.82) is 0 Å². The maximum absolute atomic E-state index is 12.8. The number of amides is 1. The molecule has 0 saturated heterocycles. The normalized spacial score (nSPS) is 29.0. The number of anilines is 1. The first-order valence-corrected chi connectivity index (χ1v) is 16.1. The van der Waals surface area contributed by atoms with Gasteiger partial charge in [-0.15, -0.1) is 0 Å². The van der Waals surface area contributed by atoms with Crippen molar-refractivity contribution in [3.8, 4) is 5.75 Å². The molecule has 1 unspecified atom stereocenters. The number of rotatable bonds is 2. The minimum Gasteiger partial charge on any atom is -0.760 e. The third-order valence-corrected chi connectivity index (χ3v) is 9.93. The zero-order chi connectivity index (χ0) is 29.9. The number of aryl methyl sites for hydroxylation is 1. The van der Waals surface area contributed by atoms with E-state index in [1.54, 1.807) is 18.2 Å². The zero-order valence-electron chi connectivity index (χ0n) is 23.6. The Hall–Kier alpha value is -2.47. The lowest BCUT2D eigenvalue weighted by atomic mass is 9.70. The van der Waals surface area contributed by atoms with E-state index in [1.165, 1.54) is 0 Å². The van der Waals surface area contributed by atoms with Crippen LogP contribution in [0.3, 0.4) is 0 Å². The summed E-state index contributed by atoms with van der Waals surface area (Å²) in [6, 6.07) is 10.8. The molecule has 5 atom stereocenters. The Kier molecular flexibility index (Phi) is 9.92. The van der Waals surface area contributed by atoms with Crippen molar-refractivity contribution in [1.82, 2.24) is 4.31 Å². The molecule has 1 amide bonds. The molecule has 228 valence electrons. The Morgan fingerprint density at radius 1 is 1.12 bits per heavy atom. The average molecular weight is 617 g/mol. The predicted molar refractivity (Wildman–Crippen MR) is 162 cm³/mol. The van der Waals surface area contributed by atoms with E-state index < -0.39 is 35.4 Å². The van der Waals surface area contributed by atoms with Gasteiger partial charge < -0.3 is 30.1 Å². The average Bonchev–Trinajstić information content (AvgIpc) is 2.96. The smallest absolute Gasteiger partial charge is 0.255 e. The molecule has 2 aliphatic heterocycles. The second-order valence-electron chi connectivity index (χ2n) is 11.7. The van der Waals surface area contributed by atoms with Gasteiger partial charge in [-0.05, 0) is 97.7 Å². The second kappa shape index (κ2) is 13.4. The number of fused-ring (bicyclic) bond motifs is 3. The van der Waals surface area contributed by atoms with Crippen LogP contribution in [-0.4, -0.2) is 61.5 Å². The Morgan fingerprint density at radius 2 is 1.95 bits per heavy atom. The fourth-order valence-corrected chi connectivity index (χ4v) is 7.05. The number of halogens is 1. The predicted octanol–water partition coefficient (Wildman–Crippen LogP) is 3.57. The molecule has 2 aromatic carbocycles. The lowest BCUT2D eigenvalue weighted by molar-refractivity contribution is -0.138. The summed E-state index contributed by atoms with van der Waals surface area (Å²) < 4.78 is 31.6. The highest BCUT2D eigenvalue weighted by Crippen LogP contribution is 2.41. The molecule has 3 aliphatic rings. The van der Waals surface area contributed by atoms with Gasteiger partial charge in [0.15, 0.2) is 5.60 Å². The first-order chi connectivity index (χ1) is 20.2. The van der Waals surface area contributed by atoms with Crippen LogP contribution >= 0.6 is 11.6 Å². The molecule has 2 aromatic rings. The minimum absolute atomic E-state index is 0.0851. The molecule has 11 heteroatoms. The van der Waals surface area contributed by atoms with Crippen molar-refractivity contribution in [2.45, 2.75) is 63.3 Å². The zero-order valence-corrected chi connectivity index (χ0v) is 25.2. The molecular weight excluding hydrogens is 578 g/mol. The van der Waals surface area contributed by atoms with Crippen molar-refractivity contribution in [3.63, 3.8) is 0 Å². The molecule has 1 aliphatic carbocycles. The van der Waals surface area contributed by atoms with Gasteiger partial charge in [0.2, 0.25) is 0 Å². The van der Waals surface area contributed by atoms with Crippen molar-refractivity contribution < 1.29 is 28.5 Å². The number of aliphatic hydroxyl groups excluding tert-OH is 1. The number of primary amides is 1. The van der Waals surface area contributed by atoms with E-state index in [4.69, 9.17) is 22.1 Å². The second-order valence-corrected chi connectivity index (χ2v) is 13.0. The van der Waals surface area contributed by atoms with Crippen LogP contribution in [0.15, 0.2) is 48.6 Å². The summed E-state index contributed by atoms with van der Waals surface area (Å²) in [6.45, 7) is 1.24. The molecule has 1 fully saturated rings. The van der Waals surface area contributed by atoms with E-state index >= 15 is 0 Å². The van der Waals surface area contributed by atoms with Crippen LogP contribution in [0.4, 0.5) is 5.69 Å². The van der Waals surface area contributed by atoms with Crippen LogP contribution in [0.5, 0.6) is 5.75 Å². The molecule has 9 nitrogen and oxygen atoms in total. The van der Waals surface area contributed by atoms with Gasteiger partial charge in [0.1, 0.15) is 12.4 Å². The monoisotopic (exact) mass is 616 g/mol. The van der Waals surface area contributed by atoms with Crippen LogP contribution in [0.2, 0.25) is 5.02 Å².